The summed E-state index contributed by atoms with van der Waals surface area (Å²) in [5, 5.41) is 3.11. The molecule has 8 heteroatoms. The van der Waals surface area contributed by atoms with Gasteiger partial charge in [0.25, 0.3) is 5.91 Å². The van der Waals surface area contributed by atoms with Crippen molar-refractivity contribution in [2.75, 3.05) is 27.9 Å². The second-order valence-electron chi connectivity index (χ2n) is 8.14. The molecule has 0 heterocycles. The van der Waals surface area contributed by atoms with Gasteiger partial charge in [-0.1, -0.05) is 42.5 Å². The van der Waals surface area contributed by atoms with Crippen molar-refractivity contribution in [2.45, 2.75) is 24.8 Å². The Balaban J connectivity index is 0.00000342. The normalized spacial score (nSPS) is 16.0. The van der Waals surface area contributed by atoms with Crippen LogP contribution >= 0.6 is 12.4 Å². The first-order valence-electron chi connectivity index (χ1n) is 11.2. The number of methoxy groups -OCH3 is 3. The lowest BCUT2D eigenvalue weighted by molar-refractivity contribution is 0.0946. The quantitative estimate of drug-likeness (QED) is 0.420. The van der Waals surface area contributed by atoms with Crippen molar-refractivity contribution in [3.8, 4) is 28.7 Å². The maximum Gasteiger partial charge on any atom is 0.255 e. The molecule has 35 heavy (non-hydrogen) atoms. The van der Waals surface area contributed by atoms with Crippen LogP contribution in [-0.2, 0) is 6.42 Å². The molecule has 0 radical (unpaired) electrons. The van der Waals surface area contributed by atoms with Crippen LogP contribution in [0.5, 0.6) is 28.7 Å². The highest BCUT2D eigenvalue weighted by atomic mass is 35.5. The van der Waals surface area contributed by atoms with Crippen LogP contribution in [0.15, 0.2) is 60.7 Å². The highest BCUT2D eigenvalue weighted by molar-refractivity contribution is 5.99. The summed E-state index contributed by atoms with van der Waals surface area (Å²) in [5.41, 5.74) is 8.28. The van der Waals surface area contributed by atoms with Crippen LogP contribution < -0.4 is 30.0 Å². The lowest BCUT2D eigenvalue weighted by atomic mass is 10.1. The third kappa shape index (κ3) is 5.81. The zero-order chi connectivity index (χ0) is 24.1. The minimum atomic E-state index is -0.260. The molecule has 0 bridgehead atoms. The van der Waals surface area contributed by atoms with Gasteiger partial charge in [0, 0.05) is 18.0 Å². The Labute approximate surface area is 211 Å². The topological polar surface area (TPSA) is 92.0 Å². The van der Waals surface area contributed by atoms with Crippen LogP contribution in [0.2, 0.25) is 0 Å². The Morgan fingerprint density at radius 2 is 1.60 bits per heavy atom. The van der Waals surface area contributed by atoms with Crippen molar-refractivity contribution in [2.24, 2.45) is 5.73 Å². The number of benzene rings is 3. The van der Waals surface area contributed by atoms with Gasteiger partial charge in [-0.2, -0.15) is 0 Å². The minimum Gasteiger partial charge on any atom is -0.492 e. The number of ether oxygens (including phenoxy) is 4. The largest absolute Gasteiger partial charge is 0.492 e. The summed E-state index contributed by atoms with van der Waals surface area (Å²) in [6, 6.07) is 19.5. The fourth-order valence-corrected chi connectivity index (χ4v) is 4.11. The van der Waals surface area contributed by atoms with Gasteiger partial charge in [-0.3, -0.25) is 4.79 Å². The van der Waals surface area contributed by atoms with E-state index >= 15 is 0 Å². The average Bonchev–Trinajstić information content (AvgIpc) is 3.64. The van der Waals surface area contributed by atoms with Gasteiger partial charge in [0.2, 0.25) is 11.5 Å². The SMILES string of the molecule is COc1c(Oc2ccc(CCN)cc2)cc(C(=O)N[C@@H]2C[C@H]2c2ccccc2)c(OC)c1OC.Cl. The zero-order valence-corrected chi connectivity index (χ0v) is 20.9. The smallest absolute Gasteiger partial charge is 0.255 e. The molecule has 1 fully saturated rings. The van der Waals surface area contributed by atoms with Crippen molar-refractivity contribution in [3.05, 3.63) is 77.4 Å². The van der Waals surface area contributed by atoms with Crippen molar-refractivity contribution < 1.29 is 23.7 Å². The van der Waals surface area contributed by atoms with Gasteiger partial charge < -0.3 is 30.0 Å². The molecule has 1 amide bonds. The van der Waals surface area contributed by atoms with E-state index in [4.69, 9.17) is 24.7 Å². The summed E-state index contributed by atoms with van der Waals surface area (Å²) in [7, 11) is 4.51. The van der Waals surface area contributed by atoms with E-state index in [-0.39, 0.29) is 24.4 Å². The van der Waals surface area contributed by atoms with Crippen molar-refractivity contribution in [1.29, 1.82) is 0 Å². The first-order chi connectivity index (χ1) is 16.6. The van der Waals surface area contributed by atoms with Gasteiger partial charge in [-0.15, -0.1) is 12.4 Å². The molecule has 1 aliphatic rings. The molecule has 0 aliphatic heterocycles. The highest BCUT2D eigenvalue weighted by Crippen LogP contribution is 2.48. The van der Waals surface area contributed by atoms with Crippen LogP contribution in [0.1, 0.15) is 33.8 Å². The molecule has 3 N–H and O–H groups in total. The monoisotopic (exact) mass is 498 g/mol. The summed E-state index contributed by atoms with van der Waals surface area (Å²) in [4.78, 5) is 13.3. The van der Waals surface area contributed by atoms with Gasteiger partial charge in [0.05, 0.1) is 26.9 Å². The Hall–Kier alpha value is -3.42. The van der Waals surface area contributed by atoms with Crippen LogP contribution in [0.3, 0.4) is 0 Å². The zero-order valence-electron chi connectivity index (χ0n) is 20.1. The van der Waals surface area contributed by atoms with Crippen LogP contribution in [-0.4, -0.2) is 39.8 Å². The standard InChI is InChI=1S/C27H30N2O5.ClH/c1-31-24-21(27(30)29-22-15-20(22)18-7-5-4-6-8-18)16-23(25(32-2)26(24)33-3)34-19-11-9-17(10-12-19)13-14-28;/h4-12,16,20,22H,13-15,28H2,1-3H3,(H,29,30);1H/t20-,22+;/m0./s1. The van der Waals surface area contributed by atoms with E-state index in [0.29, 0.717) is 46.8 Å². The molecule has 1 saturated carbocycles. The number of carbonyl (C=O) groups excluding carboxylic acids is 1. The first-order valence-corrected chi connectivity index (χ1v) is 11.2. The average molecular weight is 499 g/mol. The van der Waals surface area contributed by atoms with Crippen molar-refractivity contribution >= 4 is 18.3 Å². The predicted octanol–water partition coefficient (Wildman–Crippen LogP) is 4.71. The van der Waals surface area contributed by atoms with Gasteiger partial charge >= 0.3 is 0 Å². The summed E-state index contributed by atoms with van der Waals surface area (Å²) >= 11 is 0. The molecular weight excluding hydrogens is 468 g/mol. The summed E-state index contributed by atoms with van der Waals surface area (Å²) in [6.07, 6.45) is 1.68. The lowest BCUT2D eigenvalue weighted by Crippen LogP contribution is -2.27. The van der Waals surface area contributed by atoms with E-state index in [0.717, 1.165) is 18.4 Å². The number of nitrogens with one attached hydrogen (secondary N) is 1. The fraction of sp³-hybridized carbons (Fsp3) is 0.296. The molecule has 186 valence electrons. The Morgan fingerprint density at radius 3 is 2.20 bits per heavy atom. The summed E-state index contributed by atoms with van der Waals surface area (Å²) in [6.45, 7) is 0.578. The Morgan fingerprint density at radius 1 is 0.943 bits per heavy atom. The van der Waals surface area contributed by atoms with Crippen molar-refractivity contribution in [3.63, 3.8) is 0 Å². The second-order valence-corrected chi connectivity index (χ2v) is 8.14. The fourth-order valence-electron chi connectivity index (χ4n) is 4.11. The maximum atomic E-state index is 13.3. The number of carbonyl (C=O) groups is 1. The molecule has 1 aliphatic carbocycles. The molecule has 3 aromatic rings. The van der Waals surface area contributed by atoms with E-state index in [2.05, 4.69) is 17.4 Å². The molecule has 3 aromatic carbocycles. The number of hydrogen-bond donors (Lipinski definition) is 2. The molecule has 0 unspecified atom stereocenters. The molecule has 4 rings (SSSR count). The Bertz CT molecular complexity index is 1140. The maximum absolute atomic E-state index is 13.3. The highest BCUT2D eigenvalue weighted by Gasteiger charge is 2.40. The van der Waals surface area contributed by atoms with E-state index in [1.165, 1.54) is 26.9 Å². The summed E-state index contributed by atoms with van der Waals surface area (Å²) in [5.74, 6) is 1.93. The number of nitrogens with two attached hydrogens (primary N) is 1. The number of rotatable bonds is 10. The molecule has 0 aromatic heterocycles. The number of hydrogen-bond acceptors (Lipinski definition) is 6. The molecule has 7 nitrogen and oxygen atoms in total. The van der Waals surface area contributed by atoms with E-state index in [1.807, 2.05) is 42.5 Å². The minimum absolute atomic E-state index is 0. The third-order valence-corrected chi connectivity index (χ3v) is 5.93. The van der Waals surface area contributed by atoms with E-state index in [1.54, 1.807) is 6.07 Å². The molecule has 2 atom stereocenters. The summed E-state index contributed by atoms with van der Waals surface area (Å²) < 4.78 is 22.8. The predicted molar refractivity (Wildman–Crippen MR) is 138 cm³/mol. The molecular formula is C27H31ClN2O5. The first kappa shape index (κ1) is 26.2. The van der Waals surface area contributed by atoms with Gasteiger partial charge in [0.1, 0.15) is 5.75 Å². The third-order valence-electron chi connectivity index (χ3n) is 5.93. The van der Waals surface area contributed by atoms with Crippen molar-refractivity contribution in [1.82, 2.24) is 5.32 Å². The second kappa shape index (κ2) is 11.8. The van der Waals surface area contributed by atoms with Crippen LogP contribution in [0.25, 0.3) is 0 Å². The Kier molecular flexibility index (Phi) is 8.84. The van der Waals surface area contributed by atoms with E-state index in [9.17, 15) is 4.79 Å². The van der Waals surface area contributed by atoms with Gasteiger partial charge in [0.15, 0.2) is 11.5 Å². The molecule has 0 spiro atoms. The van der Waals surface area contributed by atoms with Gasteiger partial charge in [-0.05, 0) is 42.6 Å². The van der Waals surface area contributed by atoms with Crippen LogP contribution in [0, 0.1) is 0 Å². The lowest BCUT2D eigenvalue weighted by Gasteiger charge is -2.19. The van der Waals surface area contributed by atoms with Gasteiger partial charge in [-0.25, -0.2) is 0 Å². The van der Waals surface area contributed by atoms with E-state index < -0.39 is 0 Å². The number of halogens is 1. The molecule has 0 saturated heterocycles. The number of amides is 1. The van der Waals surface area contributed by atoms with Crippen LogP contribution in [0.4, 0.5) is 0 Å².